The molecule has 0 amide bonds. The minimum Gasteiger partial charge on any atom is -0.486 e. The third-order valence-corrected chi connectivity index (χ3v) is 3.98. The Bertz CT molecular complexity index is 681. The SMILES string of the molecule is CC(OC(=O)C(C)c1ccc2c(c1)OCCO2)c1ccccc1. The molecule has 0 bridgehead atoms. The van der Waals surface area contributed by atoms with Crippen molar-refractivity contribution in [2.75, 3.05) is 13.2 Å². The Morgan fingerprint density at radius 3 is 2.39 bits per heavy atom. The average molecular weight is 312 g/mol. The van der Waals surface area contributed by atoms with Gasteiger partial charge in [0.25, 0.3) is 0 Å². The van der Waals surface area contributed by atoms with Crippen LogP contribution >= 0.6 is 0 Å². The van der Waals surface area contributed by atoms with Gasteiger partial charge in [-0.3, -0.25) is 4.79 Å². The van der Waals surface area contributed by atoms with Gasteiger partial charge in [-0.1, -0.05) is 36.4 Å². The highest BCUT2D eigenvalue weighted by Crippen LogP contribution is 2.33. The van der Waals surface area contributed by atoms with Crippen LogP contribution in [0.25, 0.3) is 0 Å². The molecular formula is C19H20O4. The molecular weight excluding hydrogens is 292 g/mol. The number of carbonyl (C=O) groups is 1. The molecule has 0 N–H and O–H groups in total. The Morgan fingerprint density at radius 2 is 1.65 bits per heavy atom. The van der Waals surface area contributed by atoms with E-state index in [2.05, 4.69) is 0 Å². The summed E-state index contributed by atoms with van der Waals surface area (Å²) in [6, 6.07) is 15.3. The van der Waals surface area contributed by atoms with Crippen LogP contribution in [0.1, 0.15) is 37.0 Å². The Balaban J connectivity index is 1.70. The summed E-state index contributed by atoms with van der Waals surface area (Å²) in [5.41, 5.74) is 1.84. The van der Waals surface area contributed by atoms with Crippen molar-refractivity contribution in [3.05, 3.63) is 59.7 Å². The number of carbonyl (C=O) groups excluding carboxylic acids is 1. The summed E-state index contributed by atoms with van der Waals surface area (Å²) in [4.78, 5) is 12.4. The molecule has 0 saturated heterocycles. The molecule has 0 aliphatic carbocycles. The largest absolute Gasteiger partial charge is 0.486 e. The zero-order valence-electron chi connectivity index (χ0n) is 13.3. The molecule has 4 nitrogen and oxygen atoms in total. The molecule has 2 atom stereocenters. The minimum atomic E-state index is -0.364. The molecule has 1 aliphatic rings. The third kappa shape index (κ3) is 3.47. The molecule has 0 saturated carbocycles. The van der Waals surface area contributed by atoms with E-state index in [4.69, 9.17) is 14.2 Å². The zero-order chi connectivity index (χ0) is 16.2. The first kappa shape index (κ1) is 15.4. The van der Waals surface area contributed by atoms with Gasteiger partial charge in [0.05, 0.1) is 5.92 Å². The van der Waals surface area contributed by atoms with Gasteiger partial charge in [0.15, 0.2) is 11.5 Å². The van der Waals surface area contributed by atoms with Crippen LogP contribution in [0.4, 0.5) is 0 Å². The second-order valence-corrected chi connectivity index (χ2v) is 5.61. The van der Waals surface area contributed by atoms with Crippen molar-refractivity contribution < 1.29 is 19.0 Å². The number of rotatable bonds is 4. The highest BCUT2D eigenvalue weighted by molar-refractivity contribution is 5.78. The van der Waals surface area contributed by atoms with E-state index in [9.17, 15) is 4.79 Å². The fraction of sp³-hybridized carbons (Fsp3) is 0.316. The van der Waals surface area contributed by atoms with Crippen LogP contribution < -0.4 is 9.47 Å². The molecule has 0 spiro atoms. The fourth-order valence-electron chi connectivity index (χ4n) is 2.53. The lowest BCUT2D eigenvalue weighted by molar-refractivity contribution is -0.150. The normalized spacial score (nSPS) is 15.6. The van der Waals surface area contributed by atoms with E-state index in [-0.39, 0.29) is 18.0 Å². The van der Waals surface area contributed by atoms with Gasteiger partial charge in [-0.15, -0.1) is 0 Å². The maximum atomic E-state index is 12.4. The Labute approximate surface area is 136 Å². The Kier molecular flexibility index (Phi) is 4.51. The van der Waals surface area contributed by atoms with Gasteiger partial charge in [-0.05, 0) is 37.1 Å². The van der Waals surface area contributed by atoms with Gasteiger partial charge in [0.1, 0.15) is 19.3 Å². The lowest BCUT2D eigenvalue weighted by Gasteiger charge is -2.21. The third-order valence-electron chi connectivity index (χ3n) is 3.98. The smallest absolute Gasteiger partial charge is 0.313 e. The van der Waals surface area contributed by atoms with Crippen LogP contribution in [0, 0.1) is 0 Å². The Hall–Kier alpha value is -2.49. The van der Waals surface area contributed by atoms with Gasteiger partial charge in [0, 0.05) is 0 Å². The number of benzene rings is 2. The summed E-state index contributed by atoms with van der Waals surface area (Å²) in [6.07, 6.45) is -0.275. The summed E-state index contributed by atoms with van der Waals surface area (Å²) in [5, 5.41) is 0. The zero-order valence-corrected chi connectivity index (χ0v) is 13.3. The van der Waals surface area contributed by atoms with E-state index in [1.807, 2.05) is 62.4 Å². The molecule has 0 aromatic heterocycles. The molecule has 3 rings (SSSR count). The first-order valence-electron chi connectivity index (χ1n) is 7.80. The molecule has 120 valence electrons. The molecule has 2 unspecified atom stereocenters. The molecule has 1 heterocycles. The number of esters is 1. The fourth-order valence-corrected chi connectivity index (χ4v) is 2.53. The molecule has 0 fully saturated rings. The van der Waals surface area contributed by atoms with E-state index >= 15 is 0 Å². The summed E-state index contributed by atoms with van der Waals surface area (Å²) in [5.74, 6) is 0.790. The van der Waals surface area contributed by atoms with Crippen LogP contribution in [0.3, 0.4) is 0 Å². The first-order chi connectivity index (χ1) is 11.1. The predicted octanol–water partition coefficient (Wildman–Crippen LogP) is 3.87. The van der Waals surface area contributed by atoms with Crippen molar-refractivity contribution in [2.45, 2.75) is 25.9 Å². The van der Waals surface area contributed by atoms with Crippen LogP contribution in [0.15, 0.2) is 48.5 Å². The van der Waals surface area contributed by atoms with Crippen molar-refractivity contribution in [1.82, 2.24) is 0 Å². The molecule has 0 radical (unpaired) electrons. The summed E-state index contributed by atoms with van der Waals surface area (Å²) >= 11 is 0. The minimum absolute atomic E-state index is 0.252. The lowest BCUT2D eigenvalue weighted by Crippen LogP contribution is -2.18. The van der Waals surface area contributed by atoms with Crippen molar-refractivity contribution in [3.8, 4) is 11.5 Å². The van der Waals surface area contributed by atoms with Gasteiger partial charge >= 0.3 is 5.97 Å². The van der Waals surface area contributed by atoms with Gasteiger partial charge < -0.3 is 14.2 Å². The van der Waals surface area contributed by atoms with E-state index in [1.165, 1.54) is 0 Å². The van der Waals surface area contributed by atoms with Crippen molar-refractivity contribution >= 4 is 5.97 Å². The van der Waals surface area contributed by atoms with E-state index in [0.29, 0.717) is 19.0 Å². The number of hydrogen-bond acceptors (Lipinski definition) is 4. The van der Waals surface area contributed by atoms with Crippen LogP contribution in [0.5, 0.6) is 11.5 Å². The number of ether oxygens (including phenoxy) is 3. The molecule has 1 aliphatic heterocycles. The monoisotopic (exact) mass is 312 g/mol. The Morgan fingerprint density at radius 1 is 0.957 bits per heavy atom. The van der Waals surface area contributed by atoms with Crippen molar-refractivity contribution in [2.24, 2.45) is 0 Å². The summed E-state index contributed by atoms with van der Waals surface area (Å²) in [6.45, 7) is 4.80. The van der Waals surface area contributed by atoms with Crippen LogP contribution in [0.2, 0.25) is 0 Å². The van der Waals surface area contributed by atoms with Crippen LogP contribution in [-0.2, 0) is 9.53 Å². The van der Waals surface area contributed by atoms with Crippen molar-refractivity contribution in [3.63, 3.8) is 0 Å². The highest BCUT2D eigenvalue weighted by atomic mass is 16.6. The molecule has 2 aromatic rings. The molecule has 23 heavy (non-hydrogen) atoms. The second kappa shape index (κ2) is 6.73. The average Bonchev–Trinajstić information content (AvgIpc) is 2.61. The van der Waals surface area contributed by atoms with Gasteiger partial charge in [0.2, 0.25) is 0 Å². The predicted molar refractivity (Wildman–Crippen MR) is 86.8 cm³/mol. The van der Waals surface area contributed by atoms with E-state index in [0.717, 1.165) is 16.9 Å². The van der Waals surface area contributed by atoms with Gasteiger partial charge in [-0.25, -0.2) is 0 Å². The van der Waals surface area contributed by atoms with Crippen LogP contribution in [-0.4, -0.2) is 19.2 Å². The molecule has 2 aromatic carbocycles. The van der Waals surface area contributed by atoms with E-state index < -0.39 is 0 Å². The van der Waals surface area contributed by atoms with Gasteiger partial charge in [-0.2, -0.15) is 0 Å². The second-order valence-electron chi connectivity index (χ2n) is 5.61. The number of fused-ring (bicyclic) bond motifs is 1. The highest BCUT2D eigenvalue weighted by Gasteiger charge is 2.22. The summed E-state index contributed by atoms with van der Waals surface area (Å²) < 4.78 is 16.7. The maximum Gasteiger partial charge on any atom is 0.313 e. The molecule has 4 heteroatoms. The lowest BCUT2D eigenvalue weighted by atomic mass is 10.0. The quantitative estimate of drug-likeness (QED) is 0.804. The topological polar surface area (TPSA) is 44.8 Å². The standard InChI is InChI=1S/C19H20O4/c1-13(16-8-9-17-18(12-16)22-11-10-21-17)19(20)23-14(2)15-6-4-3-5-7-15/h3-9,12-14H,10-11H2,1-2H3. The summed E-state index contributed by atoms with van der Waals surface area (Å²) in [7, 11) is 0. The number of hydrogen-bond donors (Lipinski definition) is 0. The maximum absolute atomic E-state index is 12.4. The first-order valence-corrected chi connectivity index (χ1v) is 7.80. The van der Waals surface area contributed by atoms with Crippen molar-refractivity contribution in [1.29, 1.82) is 0 Å². The van der Waals surface area contributed by atoms with E-state index in [1.54, 1.807) is 0 Å².